The largest absolute Gasteiger partial charge is 0.478 e. The maximum absolute atomic E-state index is 12.5. The molecule has 3 rings (SSSR count). The number of rotatable bonds is 3. The quantitative estimate of drug-likeness (QED) is 0.687. The molecule has 0 radical (unpaired) electrons. The Balaban J connectivity index is 1.92. The van der Waals surface area contributed by atoms with Crippen molar-refractivity contribution in [2.75, 3.05) is 4.90 Å². The molecule has 0 saturated heterocycles. The Kier molecular flexibility index (Phi) is 3.63. The Hall–Kier alpha value is -2.69. The van der Waals surface area contributed by atoms with Gasteiger partial charge < -0.3 is 5.11 Å². The lowest BCUT2D eigenvalue weighted by molar-refractivity contribution is -0.131. The number of nitrogens with zero attached hydrogens (tertiary/aromatic N) is 1. The highest BCUT2D eigenvalue weighted by molar-refractivity contribution is 6.33. The summed E-state index contributed by atoms with van der Waals surface area (Å²) in [5, 5.41) is 8.67. The van der Waals surface area contributed by atoms with Gasteiger partial charge in [0.25, 0.3) is 11.8 Å². The minimum absolute atomic E-state index is 0.237. The van der Waals surface area contributed by atoms with Gasteiger partial charge in [-0.1, -0.05) is 12.1 Å². The second-order valence-electron chi connectivity index (χ2n) is 5.38. The van der Waals surface area contributed by atoms with Crippen LogP contribution in [0.15, 0.2) is 41.5 Å². The average molecular weight is 297 g/mol. The van der Waals surface area contributed by atoms with Crippen molar-refractivity contribution in [1.29, 1.82) is 0 Å². The maximum Gasteiger partial charge on any atom is 0.328 e. The number of hydrogen-bond donors (Lipinski definition) is 1. The Labute approximate surface area is 127 Å². The summed E-state index contributed by atoms with van der Waals surface area (Å²) in [6, 6.07) is 6.76. The highest BCUT2D eigenvalue weighted by atomic mass is 16.4. The van der Waals surface area contributed by atoms with Crippen LogP contribution < -0.4 is 4.90 Å². The zero-order chi connectivity index (χ0) is 15.7. The Morgan fingerprint density at radius 3 is 2.32 bits per heavy atom. The molecular formula is C17H15NO4. The van der Waals surface area contributed by atoms with E-state index in [0.717, 1.165) is 18.9 Å². The van der Waals surface area contributed by atoms with Gasteiger partial charge in [0.2, 0.25) is 0 Å². The molecule has 112 valence electrons. The van der Waals surface area contributed by atoms with Crippen molar-refractivity contribution in [3.8, 4) is 0 Å². The topological polar surface area (TPSA) is 74.7 Å². The van der Waals surface area contributed by atoms with E-state index in [2.05, 4.69) is 0 Å². The molecule has 2 aliphatic rings. The van der Waals surface area contributed by atoms with E-state index < -0.39 is 5.97 Å². The third-order valence-electron chi connectivity index (χ3n) is 3.94. The molecule has 1 heterocycles. The van der Waals surface area contributed by atoms with Gasteiger partial charge in [0.1, 0.15) is 0 Å². The number of carbonyl (C=O) groups excluding carboxylic acids is 2. The number of benzene rings is 1. The first kappa shape index (κ1) is 14.3. The van der Waals surface area contributed by atoms with Gasteiger partial charge in [0.15, 0.2) is 0 Å². The first-order valence-electron chi connectivity index (χ1n) is 7.20. The number of amides is 2. The van der Waals surface area contributed by atoms with E-state index in [1.165, 1.54) is 11.0 Å². The number of carboxylic acids is 1. The van der Waals surface area contributed by atoms with Crippen LogP contribution in [0.4, 0.5) is 5.69 Å². The Bertz CT molecular complexity index is 702. The van der Waals surface area contributed by atoms with Crippen LogP contribution in [0.25, 0.3) is 6.08 Å². The standard InChI is InChI=1S/C17H15NO4/c19-15(20)9-8-11-4-3-5-12(10-11)18-16(21)13-6-1-2-7-14(13)17(18)22/h3-5,8-10H,1-2,6-7H2,(H,19,20). The normalized spacial score (nSPS) is 18.3. The molecular weight excluding hydrogens is 282 g/mol. The molecule has 1 aromatic rings. The highest BCUT2D eigenvalue weighted by Gasteiger charge is 2.39. The number of imide groups is 1. The zero-order valence-electron chi connectivity index (χ0n) is 11.9. The second-order valence-corrected chi connectivity index (χ2v) is 5.38. The van der Waals surface area contributed by atoms with Crippen molar-refractivity contribution in [2.24, 2.45) is 0 Å². The molecule has 5 nitrogen and oxygen atoms in total. The van der Waals surface area contributed by atoms with Gasteiger partial charge in [-0.15, -0.1) is 0 Å². The number of hydrogen-bond acceptors (Lipinski definition) is 3. The van der Waals surface area contributed by atoms with E-state index in [1.54, 1.807) is 24.3 Å². The minimum atomic E-state index is -1.05. The van der Waals surface area contributed by atoms with Gasteiger partial charge in [0.05, 0.1) is 5.69 Å². The third-order valence-corrected chi connectivity index (χ3v) is 3.94. The van der Waals surface area contributed by atoms with Gasteiger partial charge in [0, 0.05) is 17.2 Å². The van der Waals surface area contributed by atoms with Crippen LogP contribution in [0, 0.1) is 0 Å². The summed E-state index contributed by atoms with van der Waals surface area (Å²) >= 11 is 0. The van der Waals surface area contributed by atoms with Crippen molar-refractivity contribution >= 4 is 29.5 Å². The van der Waals surface area contributed by atoms with Gasteiger partial charge >= 0.3 is 5.97 Å². The highest BCUT2D eigenvalue weighted by Crippen LogP contribution is 2.35. The average Bonchev–Trinajstić information content (AvgIpc) is 2.78. The molecule has 0 aromatic heterocycles. The van der Waals surface area contributed by atoms with Crippen LogP contribution >= 0.6 is 0 Å². The molecule has 1 aromatic carbocycles. The molecule has 0 bridgehead atoms. The number of anilines is 1. The number of carbonyl (C=O) groups is 3. The SMILES string of the molecule is O=C(O)C=Cc1cccc(N2C(=O)C3=C(CCCC3)C2=O)c1. The molecule has 22 heavy (non-hydrogen) atoms. The summed E-state index contributed by atoms with van der Waals surface area (Å²) < 4.78 is 0. The lowest BCUT2D eigenvalue weighted by atomic mass is 9.93. The third kappa shape index (κ3) is 2.45. The molecule has 1 aliphatic heterocycles. The molecule has 1 aliphatic carbocycles. The van der Waals surface area contributed by atoms with Crippen molar-refractivity contribution in [3.63, 3.8) is 0 Å². The summed E-state index contributed by atoms with van der Waals surface area (Å²) in [7, 11) is 0. The fourth-order valence-electron chi connectivity index (χ4n) is 2.91. The van der Waals surface area contributed by atoms with Crippen molar-refractivity contribution in [2.45, 2.75) is 25.7 Å². The van der Waals surface area contributed by atoms with Crippen LogP contribution in [-0.4, -0.2) is 22.9 Å². The smallest absolute Gasteiger partial charge is 0.328 e. The van der Waals surface area contributed by atoms with Gasteiger partial charge in [-0.2, -0.15) is 0 Å². The Morgan fingerprint density at radius 1 is 1.09 bits per heavy atom. The van der Waals surface area contributed by atoms with Crippen molar-refractivity contribution in [1.82, 2.24) is 0 Å². The maximum atomic E-state index is 12.5. The van der Waals surface area contributed by atoms with Crippen LogP contribution in [-0.2, 0) is 14.4 Å². The minimum Gasteiger partial charge on any atom is -0.478 e. The zero-order valence-corrected chi connectivity index (χ0v) is 11.9. The summed E-state index contributed by atoms with van der Waals surface area (Å²) in [5.41, 5.74) is 2.40. The molecule has 5 heteroatoms. The van der Waals surface area contributed by atoms with E-state index in [9.17, 15) is 14.4 Å². The van der Waals surface area contributed by atoms with E-state index in [-0.39, 0.29) is 11.8 Å². The summed E-state index contributed by atoms with van der Waals surface area (Å²) in [6.45, 7) is 0. The van der Waals surface area contributed by atoms with E-state index in [1.807, 2.05) is 0 Å². The van der Waals surface area contributed by atoms with Crippen LogP contribution in [0.3, 0.4) is 0 Å². The summed E-state index contributed by atoms with van der Waals surface area (Å²) in [5.74, 6) is -1.52. The molecule has 0 atom stereocenters. The van der Waals surface area contributed by atoms with Crippen LogP contribution in [0.2, 0.25) is 0 Å². The molecule has 1 N–H and O–H groups in total. The Morgan fingerprint density at radius 2 is 1.73 bits per heavy atom. The van der Waals surface area contributed by atoms with E-state index in [0.29, 0.717) is 35.2 Å². The second kappa shape index (κ2) is 5.60. The first-order valence-corrected chi connectivity index (χ1v) is 7.20. The fourth-order valence-corrected chi connectivity index (χ4v) is 2.91. The molecule has 0 saturated carbocycles. The van der Waals surface area contributed by atoms with Crippen molar-refractivity contribution in [3.05, 3.63) is 47.1 Å². The van der Waals surface area contributed by atoms with Gasteiger partial charge in [-0.3, -0.25) is 9.59 Å². The predicted octanol–water partition coefficient (Wildman–Crippen LogP) is 2.53. The molecule has 0 spiro atoms. The first-order chi connectivity index (χ1) is 10.6. The molecule has 0 fully saturated rings. The van der Waals surface area contributed by atoms with Gasteiger partial charge in [-0.05, 0) is 49.5 Å². The lowest BCUT2D eigenvalue weighted by Gasteiger charge is -2.15. The fraction of sp³-hybridized carbons (Fsp3) is 0.235. The van der Waals surface area contributed by atoms with E-state index >= 15 is 0 Å². The number of carboxylic acid groups (broad SMARTS) is 1. The summed E-state index contributed by atoms with van der Waals surface area (Å²) in [6.07, 6.45) is 5.66. The van der Waals surface area contributed by atoms with Crippen LogP contribution in [0.5, 0.6) is 0 Å². The van der Waals surface area contributed by atoms with E-state index in [4.69, 9.17) is 5.11 Å². The summed E-state index contributed by atoms with van der Waals surface area (Å²) in [4.78, 5) is 36.7. The number of aliphatic carboxylic acids is 1. The molecule has 2 amide bonds. The van der Waals surface area contributed by atoms with Crippen LogP contribution in [0.1, 0.15) is 31.2 Å². The predicted molar refractivity (Wildman–Crippen MR) is 81.1 cm³/mol. The monoisotopic (exact) mass is 297 g/mol. The molecule has 0 unspecified atom stereocenters. The lowest BCUT2D eigenvalue weighted by Crippen LogP contribution is -2.31. The van der Waals surface area contributed by atoms with Gasteiger partial charge in [-0.25, -0.2) is 9.69 Å². The van der Waals surface area contributed by atoms with Crippen molar-refractivity contribution < 1.29 is 19.5 Å².